The van der Waals surface area contributed by atoms with Crippen LogP contribution in [0.2, 0.25) is 0 Å². The molecule has 1 aliphatic rings. The third kappa shape index (κ3) is 2.55. The van der Waals surface area contributed by atoms with Crippen LogP contribution in [0, 0.1) is 12.3 Å². The molecule has 0 radical (unpaired) electrons. The molecule has 0 bridgehead atoms. The molecule has 0 aromatic carbocycles. The van der Waals surface area contributed by atoms with Crippen molar-refractivity contribution in [3.63, 3.8) is 0 Å². The Morgan fingerprint density at radius 2 is 2.27 bits per heavy atom. The molecule has 1 fully saturated rings. The smallest absolute Gasteiger partial charge is 0.0601 e. The van der Waals surface area contributed by atoms with E-state index in [0.717, 1.165) is 6.54 Å². The molecule has 0 amide bonds. The SMILES string of the molecule is C#CCN1CCCCCC1C. The quantitative estimate of drug-likeness (QED) is 0.517. The van der Waals surface area contributed by atoms with E-state index in [1.807, 2.05) is 0 Å². The summed E-state index contributed by atoms with van der Waals surface area (Å²) in [5, 5.41) is 0. The highest BCUT2D eigenvalue weighted by molar-refractivity contribution is 4.90. The normalized spacial score (nSPS) is 27.5. The van der Waals surface area contributed by atoms with Gasteiger partial charge in [-0.25, -0.2) is 0 Å². The van der Waals surface area contributed by atoms with E-state index in [4.69, 9.17) is 6.42 Å². The fraction of sp³-hybridized carbons (Fsp3) is 0.800. The molecule has 11 heavy (non-hydrogen) atoms. The Morgan fingerprint density at radius 3 is 3.00 bits per heavy atom. The number of rotatable bonds is 1. The van der Waals surface area contributed by atoms with E-state index < -0.39 is 0 Å². The monoisotopic (exact) mass is 151 g/mol. The maximum Gasteiger partial charge on any atom is 0.0601 e. The van der Waals surface area contributed by atoms with Gasteiger partial charge >= 0.3 is 0 Å². The predicted octanol–water partition coefficient (Wildman–Crippen LogP) is 1.88. The molecule has 1 rings (SSSR count). The summed E-state index contributed by atoms with van der Waals surface area (Å²) in [4.78, 5) is 2.41. The molecule has 0 saturated carbocycles. The molecule has 0 N–H and O–H groups in total. The van der Waals surface area contributed by atoms with E-state index in [9.17, 15) is 0 Å². The first kappa shape index (κ1) is 8.62. The van der Waals surface area contributed by atoms with Gasteiger partial charge in [0.1, 0.15) is 0 Å². The first-order valence-electron chi connectivity index (χ1n) is 4.52. The second-order valence-corrected chi connectivity index (χ2v) is 3.37. The van der Waals surface area contributed by atoms with E-state index in [0.29, 0.717) is 6.04 Å². The Kier molecular flexibility index (Phi) is 3.45. The van der Waals surface area contributed by atoms with Crippen LogP contribution in [0.5, 0.6) is 0 Å². The molecule has 1 atom stereocenters. The van der Waals surface area contributed by atoms with Crippen molar-refractivity contribution in [1.82, 2.24) is 4.90 Å². The largest absolute Gasteiger partial charge is 0.290 e. The highest BCUT2D eigenvalue weighted by Gasteiger charge is 2.14. The Balaban J connectivity index is 2.40. The van der Waals surface area contributed by atoms with Gasteiger partial charge in [0.25, 0.3) is 0 Å². The van der Waals surface area contributed by atoms with E-state index in [2.05, 4.69) is 17.7 Å². The predicted molar refractivity (Wildman–Crippen MR) is 48.3 cm³/mol. The van der Waals surface area contributed by atoms with Crippen LogP contribution in [0.15, 0.2) is 0 Å². The lowest BCUT2D eigenvalue weighted by atomic mass is 10.1. The summed E-state index contributed by atoms with van der Waals surface area (Å²) in [6, 6.07) is 0.702. The summed E-state index contributed by atoms with van der Waals surface area (Å²) in [5.74, 6) is 2.72. The first-order valence-corrected chi connectivity index (χ1v) is 4.52. The first-order chi connectivity index (χ1) is 5.34. The van der Waals surface area contributed by atoms with Crippen molar-refractivity contribution in [3.05, 3.63) is 0 Å². The molecule has 1 saturated heterocycles. The zero-order valence-electron chi connectivity index (χ0n) is 7.34. The molecule has 1 nitrogen and oxygen atoms in total. The third-order valence-corrected chi connectivity index (χ3v) is 2.48. The van der Waals surface area contributed by atoms with Crippen LogP contribution >= 0.6 is 0 Å². The van der Waals surface area contributed by atoms with Crippen LogP contribution in [0.4, 0.5) is 0 Å². The van der Waals surface area contributed by atoms with Gasteiger partial charge in [0, 0.05) is 6.04 Å². The lowest BCUT2D eigenvalue weighted by molar-refractivity contribution is 0.241. The zero-order valence-corrected chi connectivity index (χ0v) is 7.34. The Morgan fingerprint density at radius 1 is 1.45 bits per heavy atom. The lowest BCUT2D eigenvalue weighted by Gasteiger charge is -2.23. The molecular weight excluding hydrogens is 134 g/mol. The fourth-order valence-electron chi connectivity index (χ4n) is 1.69. The summed E-state index contributed by atoms with van der Waals surface area (Å²) < 4.78 is 0. The molecule has 0 aromatic heterocycles. The van der Waals surface area contributed by atoms with Gasteiger partial charge in [0.2, 0.25) is 0 Å². The van der Waals surface area contributed by atoms with E-state index in [1.54, 1.807) is 0 Å². The molecule has 0 aromatic rings. The summed E-state index contributed by atoms with van der Waals surface area (Å²) in [6.07, 6.45) is 10.7. The van der Waals surface area contributed by atoms with Gasteiger partial charge in [-0.05, 0) is 26.3 Å². The van der Waals surface area contributed by atoms with Crippen molar-refractivity contribution in [2.24, 2.45) is 0 Å². The summed E-state index contributed by atoms with van der Waals surface area (Å²) >= 11 is 0. The second-order valence-electron chi connectivity index (χ2n) is 3.37. The van der Waals surface area contributed by atoms with E-state index >= 15 is 0 Å². The molecule has 0 spiro atoms. The summed E-state index contributed by atoms with van der Waals surface area (Å²) in [5.41, 5.74) is 0. The Bertz CT molecular complexity index is 145. The molecule has 1 heteroatoms. The highest BCUT2D eigenvalue weighted by atomic mass is 15.1. The maximum atomic E-state index is 5.28. The number of hydrogen-bond acceptors (Lipinski definition) is 1. The van der Waals surface area contributed by atoms with Gasteiger partial charge in [-0.3, -0.25) is 4.90 Å². The standard InChI is InChI=1S/C10H17N/c1-3-8-11-9-6-4-5-7-10(11)2/h1,10H,4-9H2,2H3. The van der Waals surface area contributed by atoms with Crippen LogP contribution in [0.25, 0.3) is 0 Å². The molecular formula is C10H17N. The van der Waals surface area contributed by atoms with Gasteiger partial charge < -0.3 is 0 Å². The van der Waals surface area contributed by atoms with Crippen LogP contribution < -0.4 is 0 Å². The number of hydrogen-bond donors (Lipinski definition) is 0. The molecule has 1 aliphatic heterocycles. The zero-order chi connectivity index (χ0) is 8.10. The van der Waals surface area contributed by atoms with Crippen LogP contribution in [0.3, 0.4) is 0 Å². The molecule has 0 aliphatic carbocycles. The average Bonchev–Trinajstić information content (AvgIpc) is 2.18. The van der Waals surface area contributed by atoms with Gasteiger partial charge in [-0.2, -0.15) is 0 Å². The van der Waals surface area contributed by atoms with Crippen LogP contribution in [-0.2, 0) is 0 Å². The highest BCUT2D eigenvalue weighted by Crippen LogP contribution is 2.15. The van der Waals surface area contributed by atoms with Crippen molar-refractivity contribution in [2.75, 3.05) is 13.1 Å². The van der Waals surface area contributed by atoms with E-state index in [-0.39, 0.29) is 0 Å². The minimum absolute atomic E-state index is 0.702. The minimum atomic E-state index is 0.702. The molecule has 62 valence electrons. The second kappa shape index (κ2) is 4.41. The third-order valence-electron chi connectivity index (χ3n) is 2.48. The topological polar surface area (TPSA) is 3.24 Å². The minimum Gasteiger partial charge on any atom is -0.290 e. The van der Waals surface area contributed by atoms with Crippen molar-refractivity contribution in [3.8, 4) is 12.3 Å². The van der Waals surface area contributed by atoms with Crippen molar-refractivity contribution in [2.45, 2.75) is 38.6 Å². The Hall–Kier alpha value is -0.480. The maximum absolute atomic E-state index is 5.28. The summed E-state index contributed by atoms with van der Waals surface area (Å²) in [6.45, 7) is 4.31. The Labute approximate surface area is 69.8 Å². The molecule has 1 heterocycles. The van der Waals surface area contributed by atoms with Gasteiger partial charge in [0.05, 0.1) is 6.54 Å². The van der Waals surface area contributed by atoms with Gasteiger partial charge in [0.15, 0.2) is 0 Å². The van der Waals surface area contributed by atoms with Crippen LogP contribution in [0.1, 0.15) is 32.6 Å². The fourth-order valence-corrected chi connectivity index (χ4v) is 1.69. The molecule has 1 unspecified atom stereocenters. The van der Waals surface area contributed by atoms with E-state index in [1.165, 1.54) is 32.2 Å². The van der Waals surface area contributed by atoms with Crippen LogP contribution in [-0.4, -0.2) is 24.0 Å². The number of nitrogens with zero attached hydrogens (tertiary/aromatic N) is 1. The van der Waals surface area contributed by atoms with Gasteiger partial charge in [-0.1, -0.05) is 18.8 Å². The summed E-state index contributed by atoms with van der Waals surface area (Å²) in [7, 11) is 0. The van der Waals surface area contributed by atoms with Gasteiger partial charge in [-0.15, -0.1) is 6.42 Å². The van der Waals surface area contributed by atoms with Crippen molar-refractivity contribution in [1.29, 1.82) is 0 Å². The number of terminal acetylenes is 1. The van der Waals surface area contributed by atoms with Crippen molar-refractivity contribution >= 4 is 0 Å². The number of likely N-dealkylation sites (tertiary alicyclic amines) is 1. The lowest BCUT2D eigenvalue weighted by Crippen LogP contribution is -2.32. The average molecular weight is 151 g/mol. The van der Waals surface area contributed by atoms with Crippen molar-refractivity contribution < 1.29 is 0 Å².